The molecular weight excluding hydrogens is 688 g/mol. The van der Waals surface area contributed by atoms with Crippen LogP contribution in [-0.4, -0.2) is 120 Å². The van der Waals surface area contributed by atoms with Crippen LogP contribution in [0.2, 0.25) is 0 Å². The van der Waals surface area contributed by atoms with Crippen molar-refractivity contribution in [2.24, 2.45) is 5.41 Å². The Morgan fingerprint density at radius 1 is 0.943 bits per heavy atom. The molecule has 6 unspecified atom stereocenters. The molecule has 2 fully saturated rings. The monoisotopic (exact) mass is 744 g/mol. The van der Waals surface area contributed by atoms with Gasteiger partial charge >= 0.3 is 6.09 Å². The second kappa shape index (κ2) is 17.1. The lowest BCUT2D eigenvalue weighted by molar-refractivity contribution is -0.171. The summed E-state index contributed by atoms with van der Waals surface area (Å²) in [5.41, 5.74) is -1.12. The molecule has 2 heterocycles. The minimum Gasteiger partial charge on any atom is -0.444 e. The molecule has 0 aliphatic carbocycles. The molecule has 0 spiro atoms. The molecule has 6 atom stereocenters. The van der Waals surface area contributed by atoms with Crippen LogP contribution in [-0.2, 0) is 43.0 Å². The van der Waals surface area contributed by atoms with E-state index in [1.54, 1.807) is 107 Å². The smallest absolute Gasteiger partial charge is 0.408 e. The van der Waals surface area contributed by atoms with Crippen molar-refractivity contribution in [2.45, 2.75) is 123 Å². The Morgan fingerprint density at radius 2 is 1.57 bits per heavy atom. The van der Waals surface area contributed by atoms with E-state index in [-0.39, 0.29) is 13.0 Å². The predicted octanol–water partition coefficient (Wildman–Crippen LogP) is 1.57. The molecule has 0 radical (unpaired) electrons. The lowest BCUT2D eigenvalue weighted by atomic mass is 9.85. The van der Waals surface area contributed by atoms with Gasteiger partial charge in [0.1, 0.15) is 35.9 Å². The highest BCUT2D eigenvalue weighted by Crippen LogP contribution is 2.38. The van der Waals surface area contributed by atoms with E-state index in [0.717, 1.165) is 0 Å². The van der Waals surface area contributed by atoms with Gasteiger partial charge in [-0.3, -0.25) is 28.8 Å². The molecule has 4 N–H and O–H groups in total. The van der Waals surface area contributed by atoms with Crippen LogP contribution >= 0.6 is 0 Å². The van der Waals surface area contributed by atoms with Gasteiger partial charge in [0.25, 0.3) is 5.91 Å². The zero-order valence-electron chi connectivity index (χ0n) is 32.7. The van der Waals surface area contributed by atoms with Crippen LogP contribution in [0, 0.1) is 5.41 Å². The second-order valence-electron chi connectivity index (χ2n) is 16.1. The Morgan fingerprint density at radius 3 is 2.11 bits per heavy atom. The molecule has 0 saturated carbocycles. The van der Waals surface area contributed by atoms with E-state index in [1.807, 2.05) is 0 Å². The Kier molecular flexibility index (Phi) is 13.8. The summed E-state index contributed by atoms with van der Waals surface area (Å²) < 4.78 is 17.5. The number of ether oxygens (including phenoxy) is 3. The summed E-state index contributed by atoms with van der Waals surface area (Å²) in [5.74, 6) is -5.67. The SMILES string of the molecule is CCCC(NC(=O)C1C2OC(C)(C)OC2CN1C(=O)C(NC(=O)OC(C)(C)C)C(C)(C)C)C(=O)C(=O)NCC(=O)NC(C(=O)N(C)C)c1ccccc1. The molecule has 3 rings (SSSR count). The van der Waals surface area contributed by atoms with E-state index >= 15 is 0 Å². The Balaban J connectivity index is 1.78. The highest BCUT2D eigenvalue weighted by Gasteiger charge is 2.58. The fourth-order valence-electron chi connectivity index (χ4n) is 6.14. The molecule has 16 nitrogen and oxygen atoms in total. The quantitative estimate of drug-likeness (QED) is 0.215. The van der Waals surface area contributed by atoms with Crippen molar-refractivity contribution in [1.82, 2.24) is 31.1 Å². The summed E-state index contributed by atoms with van der Waals surface area (Å²) in [5, 5.41) is 10.2. The zero-order valence-corrected chi connectivity index (χ0v) is 32.7. The van der Waals surface area contributed by atoms with E-state index in [1.165, 1.54) is 9.80 Å². The van der Waals surface area contributed by atoms with E-state index in [0.29, 0.717) is 12.0 Å². The number of nitrogens with one attached hydrogen (secondary N) is 4. The van der Waals surface area contributed by atoms with Gasteiger partial charge in [-0.1, -0.05) is 64.4 Å². The molecule has 294 valence electrons. The molecule has 2 aliphatic rings. The zero-order chi connectivity index (χ0) is 40.1. The van der Waals surface area contributed by atoms with Crippen LogP contribution < -0.4 is 21.3 Å². The number of carbonyl (C=O) groups excluding carboxylic acids is 7. The summed E-state index contributed by atoms with van der Waals surface area (Å²) in [4.78, 5) is 95.9. The van der Waals surface area contributed by atoms with E-state index in [9.17, 15) is 33.6 Å². The number of amides is 6. The van der Waals surface area contributed by atoms with Gasteiger partial charge in [0, 0.05) is 14.1 Å². The van der Waals surface area contributed by atoms with Crippen molar-refractivity contribution in [3.63, 3.8) is 0 Å². The predicted molar refractivity (Wildman–Crippen MR) is 193 cm³/mol. The van der Waals surface area contributed by atoms with Gasteiger partial charge < -0.3 is 45.3 Å². The van der Waals surface area contributed by atoms with Gasteiger partial charge in [0.15, 0.2) is 5.79 Å². The summed E-state index contributed by atoms with van der Waals surface area (Å²) in [6.07, 6.45) is -1.97. The number of likely N-dealkylation sites (N-methyl/N-ethyl adjacent to an activating group) is 1. The number of ketones is 1. The van der Waals surface area contributed by atoms with Crippen molar-refractivity contribution in [1.29, 1.82) is 0 Å². The molecule has 16 heteroatoms. The molecule has 1 aromatic rings. The minimum atomic E-state index is -1.31. The van der Waals surface area contributed by atoms with Crippen molar-refractivity contribution in [3.05, 3.63) is 35.9 Å². The first-order valence-electron chi connectivity index (χ1n) is 17.8. The molecule has 1 aromatic carbocycles. The maximum atomic E-state index is 14.2. The average molecular weight is 745 g/mol. The fourth-order valence-corrected chi connectivity index (χ4v) is 6.14. The lowest BCUT2D eigenvalue weighted by Crippen LogP contribution is -2.61. The number of rotatable bonds is 13. The first-order chi connectivity index (χ1) is 24.5. The van der Waals surface area contributed by atoms with E-state index < -0.39 is 101 Å². The Labute approximate surface area is 311 Å². The Hall–Kier alpha value is -4.57. The number of carbonyl (C=O) groups is 7. The lowest BCUT2D eigenvalue weighted by Gasteiger charge is -2.37. The summed E-state index contributed by atoms with van der Waals surface area (Å²) in [7, 11) is 3.09. The van der Waals surface area contributed by atoms with Crippen molar-refractivity contribution < 1.29 is 47.8 Å². The van der Waals surface area contributed by atoms with Gasteiger partial charge in [-0.25, -0.2) is 4.79 Å². The molecule has 2 aliphatic heterocycles. The standard InChI is InChI=1S/C37H56N6O10/c1-12-16-22(27(45)31(47)38-19-24(44)40-25(32(48)42(10)11)21-17-14-13-15-18-21)39-30(46)26-28-23(51-37(8,9)52-28)20-43(26)33(49)29(35(2,3)4)41-34(50)53-36(5,6)7/h13-15,17-18,22-23,25-26,28-29H,12,16,19-20H2,1-11H3,(H,38,47)(H,39,46)(H,40,44)(H,41,50). The normalized spacial score (nSPS) is 21.0. The highest BCUT2D eigenvalue weighted by molar-refractivity contribution is 6.38. The highest BCUT2D eigenvalue weighted by atomic mass is 16.8. The number of benzene rings is 1. The molecule has 0 aromatic heterocycles. The van der Waals surface area contributed by atoms with Gasteiger partial charge in [-0.15, -0.1) is 0 Å². The number of alkyl carbamates (subject to hydrolysis) is 1. The molecule has 53 heavy (non-hydrogen) atoms. The van der Waals surface area contributed by atoms with E-state index in [4.69, 9.17) is 14.2 Å². The number of Topliss-reactive ketones (excluding diaryl/α,β-unsaturated/α-hetero) is 1. The van der Waals surface area contributed by atoms with Gasteiger partial charge in [0.2, 0.25) is 29.4 Å². The topological polar surface area (TPSA) is 202 Å². The summed E-state index contributed by atoms with van der Waals surface area (Å²) in [6, 6.07) is 3.81. The van der Waals surface area contributed by atoms with E-state index in [2.05, 4.69) is 21.3 Å². The third-order valence-corrected chi connectivity index (χ3v) is 8.54. The maximum Gasteiger partial charge on any atom is 0.408 e. The largest absolute Gasteiger partial charge is 0.444 e. The maximum absolute atomic E-state index is 14.2. The van der Waals surface area contributed by atoms with Gasteiger partial charge in [0.05, 0.1) is 19.1 Å². The van der Waals surface area contributed by atoms with Crippen molar-refractivity contribution in [3.8, 4) is 0 Å². The molecular formula is C37H56N6O10. The number of hydrogen-bond acceptors (Lipinski definition) is 10. The van der Waals surface area contributed by atoms with Crippen LogP contribution in [0.25, 0.3) is 0 Å². The number of hydrogen-bond donors (Lipinski definition) is 4. The van der Waals surface area contributed by atoms with Crippen molar-refractivity contribution >= 4 is 41.4 Å². The van der Waals surface area contributed by atoms with Crippen LogP contribution in [0.1, 0.15) is 86.8 Å². The van der Waals surface area contributed by atoms with Crippen LogP contribution in [0.3, 0.4) is 0 Å². The second-order valence-corrected chi connectivity index (χ2v) is 16.1. The average Bonchev–Trinajstić information content (AvgIpc) is 3.54. The number of nitrogens with zero attached hydrogens (tertiary/aromatic N) is 2. The summed E-state index contributed by atoms with van der Waals surface area (Å²) in [6.45, 7) is 14.8. The van der Waals surface area contributed by atoms with Gasteiger partial charge in [-0.05, 0) is 52.0 Å². The Bertz CT molecular complexity index is 1530. The molecule has 2 saturated heterocycles. The first-order valence-corrected chi connectivity index (χ1v) is 17.8. The van der Waals surface area contributed by atoms with Crippen LogP contribution in [0.4, 0.5) is 4.79 Å². The molecule has 0 bridgehead atoms. The minimum absolute atomic E-state index is 0.0457. The van der Waals surface area contributed by atoms with Gasteiger partial charge in [-0.2, -0.15) is 0 Å². The van der Waals surface area contributed by atoms with Crippen LogP contribution in [0.15, 0.2) is 30.3 Å². The first kappa shape index (κ1) is 42.8. The number of likely N-dealkylation sites (tertiary alicyclic amines) is 1. The fraction of sp³-hybridized carbons (Fsp3) is 0.649. The number of fused-ring (bicyclic) bond motifs is 1. The van der Waals surface area contributed by atoms with Crippen LogP contribution in [0.5, 0.6) is 0 Å². The van der Waals surface area contributed by atoms with Crippen molar-refractivity contribution in [2.75, 3.05) is 27.2 Å². The third-order valence-electron chi connectivity index (χ3n) is 8.54. The summed E-state index contributed by atoms with van der Waals surface area (Å²) >= 11 is 0. The molecule has 6 amide bonds. The third kappa shape index (κ3) is 11.5.